The summed E-state index contributed by atoms with van der Waals surface area (Å²) in [5.74, 6) is -1.66. The van der Waals surface area contributed by atoms with Crippen LogP contribution in [0.1, 0.15) is 63.2 Å². The van der Waals surface area contributed by atoms with Crippen LogP contribution in [0.5, 0.6) is 5.75 Å². The van der Waals surface area contributed by atoms with Gasteiger partial charge in [0, 0.05) is 19.2 Å². The van der Waals surface area contributed by atoms with E-state index in [1.54, 1.807) is 20.8 Å². The summed E-state index contributed by atoms with van der Waals surface area (Å²) in [7, 11) is -4.28. The highest BCUT2D eigenvalue weighted by atomic mass is 35.5. The van der Waals surface area contributed by atoms with Crippen molar-refractivity contribution >= 4 is 33.8 Å². The van der Waals surface area contributed by atoms with Crippen LogP contribution in [0.15, 0.2) is 12.1 Å². The van der Waals surface area contributed by atoms with Crippen molar-refractivity contribution in [1.29, 1.82) is 0 Å². The number of hydrogen-bond donors (Lipinski definition) is 2. The predicted octanol–water partition coefficient (Wildman–Crippen LogP) is 3.62. The van der Waals surface area contributed by atoms with E-state index < -0.39 is 44.7 Å². The molecular weight excluding hydrogens is 501 g/mol. The third-order valence-electron chi connectivity index (χ3n) is 6.64. The van der Waals surface area contributed by atoms with Crippen LogP contribution in [0.3, 0.4) is 0 Å². The number of ether oxygens (including phenoxy) is 2. The molecule has 35 heavy (non-hydrogen) atoms. The summed E-state index contributed by atoms with van der Waals surface area (Å²) in [6.07, 6.45) is 4.35. The third-order valence-corrected chi connectivity index (χ3v) is 8.34. The van der Waals surface area contributed by atoms with E-state index in [-0.39, 0.29) is 29.8 Å². The van der Waals surface area contributed by atoms with Gasteiger partial charge in [-0.1, -0.05) is 24.4 Å². The molecule has 1 aromatic rings. The number of nitrogens with zero attached hydrogens (tertiary/aromatic N) is 1. The van der Waals surface area contributed by atoms with Gasteiger partial charge in [0.15, 0.2) is 0 Å². The molecule has 2 atom stereocenters. The topological polar surface area (TPSA) is 114 Å². The number of hydrogen-bond acceptors (Lipinski definition) is 6. The van der Waals surface area contributed by atoms with Crippen LogP contribution in [0.4, 0.5) is 9.18 Å². The van der Waals surface area contributed by atoms with E-state index in [1.165, 1.54) is 0 Å². The van der Waals surface area contributed by atoms with Gasteiger partial charge in [0.1, 0.15) is 17.2 Å². The van der Waals surface area contributed by atoms with Gasteiger partial charge in [-0.3, -0.25) is 4.79 Å². The van der Waals surface area contributed by atoms with Crippen molar-refractivity contribution in [3.63, 3.8) is 0 Å². The van der Waals surface area contributed by atoms with Crippen LogP contribution >= 0.6 is 11.6 Å². The number of piperidine rings is 1. The summed E-state index contributed by atoms with van der Waals surface area (Å²) >= 11 is 6.18. The van der Waals surface area contributed by atoms with Gasteiger partial charge >= 0.3 is 16.3 Å². The second kappa shape index (κ2) is 9.40. The van der Waals surface area contributed by atoms with Crippen molar-refractivity contribution in [2.24, 2.45) is 11.8 Å². The second-order valence-corrected chi connectivity index (χ2v) is 12.7. The number of carbonyl (C=O) groups excluding carboxylic acids is 2. The fourth-order valence-corrected chi connectivity index (χ4v) is 6.22. The van der Waals surface area contributed by atoms with Crippen LogP contribution in [0.25, 0.3) is 0 Å². The zero-order valence-electron chi connectivity index (χ0n) is 20.0. The predicted molar refractivity (Wildman–Crippen MR) is 127 cm³/mol. The number of rotatable bonds is 7. The normalized spacial score (nSPS) is 24.7. The fourth-order valence-electron chi connectivity index (χ4n) is 4.76. The van der Waals surface area contributed by atoms with Crippen molar-refractivity contribution < 1.29 is 31.9 Å². The minimum Gasteiger partial charge on any atom is -0.492 e. The molecule has 1 aliphatic heterocycles. The molecule has 2 N–H and O–H groups in total. The maximum Gasteiger partial charge on any atom is 0.408 e. The number of halogens is 2. The van der Waals surface area contributed by atoms with Crippen molar-refractivity contribution in [2.75, 3.05) is 19.7 Å². The average Bonchev–Trinajstić information content (AvgIpc) is 3.07. The molecule has 0 radical (unpaired) electrons. The third kappa shape index (κ3) is 6.00. The lowest BCUT2D eigenvalue weighted by molar-refractivity contribution is 0.0494. The summed E-state index contributed by atoms with van der Waals surface area (Å²) in [6, 6.07) is 2.07. The van der Waals surface area contributed by atoms with Crippen molar-refractivity contribution in [2.45, 2.75) is 64.0 Å². The summed E-state index contributed by atoms with van der Waals surface area (Å²) in [5.41, 5.74) is -1.92. The van der Waals surface area contributed by atoms with E-state index in [9.17, 15) is 22.4 Å². The smallest absolute Gasteiger partial charge is 0.408 e. The Bertz CT molecular complexity index is 1120. The largest absolute Gasteiger partial charge is 0.492 e. The number of fused-ring (bicyclic) bond motifs is 1. The Hall–Kier alpha value is -2.11. The maximum absolute atomic E-state index is 14.7. The highest BCUT2D eigenvalue weighted by molar-refractivity contribution is 7.87. The Kier molecular flexibility index (Phi) is 6.98. The molecule has 9 nitrogen and oxygen atoms in total. The average molecular weight is 532 g/mol. The second-order valence-electron chi connectivity index (χ2n) is 10.6. The number of benzene rings is 1. The fraction of sp³-hybridized carbons (Fsp3) is 0.652. The quantitative estimate of drug-likeness (QED) is 0.555. The Morgan fingerprint density at radius 1 is 1.26 bits per heavy atom. The molecule has 4 rings (SSSR count). The molecule has 2 amide bonds. The molecule has 3 fully saturated rings. The van der Waals surface area contributed by atoms with Crippen molar-refractivity contribution in [1.82, 2.24) is 14.3 Å². The van der Waals surface area contributed by atoms with Crippen LogP contribution in [-0.2, 0) is 14.9 Å². The maximum atomic E-state index is 14.7. The highest BCUT2D eigenvalue weighted by Crippen LogP contribution is 2.50. The number of carbonyl (C=O) groups is 2. The summed E-state index contributed by atoms with van der Waals surface area (Å²) < 4.78 is 54.2. The Morgan fingerprint density at radius 2 is 1.94 bits per heavy atom. The number of alkyl carbamates (subject to hydrolysis) is 1. The molecule has 2 saturated carbocycles. The van der Waals surface area contributed by atoms with Gasteiger partial charge < -0.3 is 14.8 Å². The van der Waals surface area contributed by atoms with Crippen molar-refractivity contribution in [3.05, 3.63) is 28.5 Å². The van der Waals surface area contributed by atoms with Crippen LogP contribution in [0.2, 0.25) is 5.02 Å². The molecular formula is C23H31ClFN3O6S. The molecule has 1 heterocycles. The van der Waals surface area contributed by atoms with Gasteiger partial charge in [0.2, 0.25) is 0 Å². The molecule has 0 aromatic heterocycles. The lowest BCUT2D eigenvalue weighted by Crippen LogP contribution is -2.48. The SMILES string of the molecule is CC(C)(C)OC(=O)N[C@@]12C[C@@H]1CN(S(=O)(=O)NC(=O)c1cc(Cl)c(OCC3CCCC3)cc1F)C2. The molecule has 1 saturated heterocycles. The Balaban J connectivity index is 1.37. The lowest BCUT2D eigenvalue weighted by atomic mass is 10.1. The Labute approximate surface area is 209 Å². The molecule has 3 aliphatic rings. The van der Waals surface area contributed by atoms with Crippen LogP contribution in [0, 0.1) is 17.7 Å². The van der Waals surface area contributed by atoms with Gasteiger partial charge in [-0.15, -0.1) is 0 Å². The van der Waals surface area contributed by atoms with Gasteiger partial charge in [0.05, 0.1) is 22.7 Å². The first-order valence-corrected chi connectivity index (χ1v) is 13.5. The van der Waals surface area contributed by atoms with Crippen LogP contribution in [-0.4, -0.2) is 55.6 Å². The molecule has 0 bridgehead atoms. The van der Waals surface area contributed by atoms with E-state index >= 15 is 0 Å². The monoisotopic (exact) mass is 531 g/mol. The molecule has 194 valence electrons. The van der Waals surface area contributed by atoms with Gasteiger partial charge in [-0.2, -0.15) is 12.7 Å². The number of nitrogens with one attached hydrogen (secondary N) is 2. The van der Waals surface area contributed by atoms with Gasteiger partial charge in [0.25, 0.3) is 5.91 Å². The van der Waals surface area contributed by atoms with E-state index in [0.717, 1.165) is 42.1 Å². The standard InChI is InChI=1S/C23H31ClFN3O6S/c1-22(2,3)34-21(30)26-23-10-15(23)11-28(13-23)35(31,32)27-20(29)16-8-17(24)19(9-18(16)25)33-12-14-6-4-5-7-14/h8-9,14-15H,4-7,10-13H2,1-3H3,(H,26,30)(H,27,29)/t15-,23-/m1/s1. The first-order chi connectivity index (χ1) is 16.3. The van der Waals surface area contributed by atoms with Crippen molar-refractivity contribution in [3.8, 4) is 5.75 Å². The minimum atomic E-state index is -4.28. The van der Waals surface area contributed by atoms with E-state index in [1.807, 2.05) is 4.72 Å². The first-order valence-electron chi connectivity index (χ1n) is 11.7. The lowest BCUT2D eigenvalue weighted by Gasteiger charge is -2.24. The summed E-state index contributed by atoms with van der Waals surface area (Å²) in [6.45, 7) is 5.71. The van der Waals surface area contributed by atoms with Gasteiger partial charge in [-0.25, -0.2) is 13.9 Å². The first kappa shape index (κ1) is 26.0. The van der Waals surface area contributed by atoms with E-state index in [0.29, 0.717) is 18.9 Å². The number of amides is 2. The zero-order chi connectivity index (χ0) is 25.6. The molecule has 12 heteroatoms. The highest BCUT2D eigenvalue weighted by Gasteiger charge is 2.63. The summed E-state index contributed by atoms with van der Waals surface area (Å²) in [5, 5.41) is 2.78. The summed E-state index contributed by atoms with van der Waals surface area (Å²) in [4.78, 5) is 24.8. The molecule has 2 aliphatic carbocycles. The molecule has 0 unspecified atom stereocenters. The van der Waals surface area contributed by atoms with Gasteiger partial charge in [-0.05, 0) is 57.9 Å². The zero-order valence-corrected chi connectivity index (χ0v) is 21.6. The Morgan fingerprint density at radius 3 is 2.60 bits per heavy atom. The van der Waals surface area contributed by atoms with E-state index in [2.05, 4.69) is 5.32 Å². The minimum absolute atomic E-state index is 0.0172. The molecule has 1 aromatic carbocycles. The van der Waals surface area contributed by atoms with Crippen LogP contribution < -0.4 is 14.8 Å². The molecule has 0 spiro atoms. The van der Waals surface area contributed by atoms with E-state index in [4.69, 9.17) is 21.1 Å².